The molecule has 0 aromatic rings. The molecule has 5 heteroatoms. The van der Waals surface area contributed by atoms with Gasteiger partial charge in [0, 0.05) is 13.1 Å². The van der Waals surface area contributed by atoms with Crippen LogP contribution < -0.4 is 0 Å². The lowest BCUT2D eigenvalue weighted by Crippen LogP contribution is -2.34. The molecule has 2 atom stereocenters. The number of nitrogens with zero attached hydrogens (tertiary/aromatic N) is 1. The number of carbonyl (C=O) groups excluding carboxylic acids is 1. The molecule has 82 valence electrons. The van der Waals surface area contributed by atoms with Crippen molar-refractivity contribution in [2.45, 2.75) is 6.42 Å². The van der Waals surface area contributed by atoms with Gasteiger partial charge in [-0.2, -0.15) is 0 Å². The minimum atomic E-state index is -0.800. The van der Waals surface area contributed by atoms with Gasteiger partial charge in [0.25, 0.3) is 0 Å². The van der Waals surface area contributed by atoms with Gasteiger partial charge in [-0.25, -0.2) is 4.79 Å². The fourth-order valence-corrected chi connectivity index (χ4v) is 2.18. The van der Waals surface area contributed by atoms with Crippen molar-refractivity contribution in [3.8, 4) is 0 Å². The third-order valence-corrected chi connectivity index (χ3v) is 3.15. The average molecular weight is 211 g/mol. The van der Waals surface area contributed by atoms with E-state index in [1.807, 2.05) is 0 Å². The molecule has 2 fully saturated rings. The highest BCUT2D eigenvalue weighted by atomic mass is 16.6. The summed E-state index contributed by atoms with van der Waals surface area (Å²) in [4.78, 5) is 23.8. The average Bonchev–Trinajstić information content (AvgIpc) is 2.79. The van der Waals surface area contributed by atoms with Crippen molar-refractivity contribution in [2.24, 2.45) is 11.3 Å². The predicted octanol–water partition coefficient (Wildman–Crippen LogP) is 0.716. The Morgan fingerprint density at radius 2 is 2.40 bits per heavy atom. The first-order chi connectivity index (χ1) is 7.10. The fourth-order valence-electron chi connectivity index (χ4n) is 2.18. The number of fused-ring (bicyclic) bond motifs is 1. The van der Waals surface area contributed by atoms with Crippen LogP contribution in [0.2, 0.25) is 0 Å². The van der Waals surface area contributed by atoms with E-state index in [0.717, 1.165) is 0 Å². The van der Waals surface area contributed by atoms with Crippen LogP contribution >= 0.6 is 0 Å². The molecule has 2 rings (SSSR count). The SMILES string of the molecule is C=CCOC(=O)N1C[C@H]2C[C@]2(C(=O)O)C1. The Morgan fingerprint density at radius 3 is 2.93 bits per heavy atom. The molecule has 1 N–H and O–H groups in total. The van der Waals surface area contributed by atoms with Crippen molar-refractivity contribution in [1.82, 2.24) is 4.90 Å². The van der Waals surface area contributed by atoms with Gasteiger partial charge in [0.05, 0.1) is 5.41 Å². The zero-order valence-electron chi connectivity index (χ0n) is 8.31. The molecule has 0 radical (unpaired) electrons. The first-order valence-electron chi connectivity index (χ1n) is 4.86. The lowest BCUT2D eigenvalue weighted by atomic mass is 10.1. The minimum absolute atomic E-state index is 0.117. The van der Waals surface area contributed by atoms with Crippen LogP contribution in [0.15, 0.2) is 12.7 Å². The van der Waals surface area contributed by atoms with Crippen LogP contribution in [0.1, 0.15) is 6.42 Å². The third kappa shape index (κ3) is 1.48. The number of rotatable bonds is 3. The largest absolute Gasteiger partial charge is 0.481 e. The molecule has 15 heavy (non-hydrogen) atoms. The third-order valence-electron chi connectivity index (χ3n) is 3.15. The quantitative estimate of drug-likeness (QED) is 0.698. The lowest BCUT2D eigenvalue weighted by molar-refractivity contribution is -0.143. The van der Waals surface area contributed by atoms with E-state index in [-0.39, 0.29) is 19.1 Å². The number of carbonyl (C=O) groups is 2. The topological polar surface area (TPSA) is 66.8 Å². The van der Waals surface area contributed by atoms with Crippen LogP contribution in [0.3, 0.4) is 0 Å². The maximum Gasteiger partial charge on any atom is 0.410 e. The molecule has 1 saturated heterocycles. The number of hydrogen-bond acceptors (Lipinski definition) is 3. The van der Waals surface area contributed by atoms with Gasteiger partial charge in [-0.05, 0) is 12.3 Å². The van der Waals surface area contributed by atoms with E-state index >= 15 is 0 Å². The summed E-state index contributed by atoms with van der Waals surface area (Å²) in [6.45, 7) is 4.38. The number of ether oxygens (including phenoxy) is 1. The summed E-state index contributed by atoms with van der Waals surface area (Å²) in [6, 6.07) is 0. The molecule has 0 spiro atoms. The van der Waals surface area contributed by atoms with Crippen LogP contribution in [0.5, 0.6) is 0 Å². The van der Waals surface area contributed by atoms with Crippen molar-refractivity contribution in [1.29, 1.82) is 0 Å². The molecule has 1 amide bonds. The summed E-state index contributed by atoms with van der Waals surface area (Å²) < 4.78 is 4.84. The highest BCUT2D eigenvalue weighted by Gasteiger charge is 2.66. The van der Waals surface area contributed by atoms with E-state index < -0.39 is 17.5 Å². The van der Waals surface area contributed by atoms with Crippen LogP contribution in [-0.4, -0.2) is 41.8 Å². The van der Waals surface area contributed by atoms with E-state index in [4.69, 9.17) is 9.84 Å². The number of piperidine rings is 1. The summed E-state index contributed by atoms with van der Waals surface area (Å²) in [5.74, 6) is -0.683. The molecule has 1 heterocycles. The van der Waals surface area contributed by atoms with Crippen LogP contribution in [-0.2, 0) is 9.53 Å². The van der Waals surface area contributed by atoms with Crippen LogP contribution in [0.4, 0.5) is 4.79 Å². The number of amides is 1. The molecule has 1 saturated carbocycles. The van der Waals surface area contributed by atoms with E-state index in [1.54, 1.807) is 0 Å². The van der Waals surface area contributed by atoms with Gasteiger partial charge in [0.2, 0.25) is 0 Å². The van der Waals surface area contributed by atoms with Crippen molar-refractivity contribution in [2.75, 3.05) is 19.7 Å². The second kappa shape index (κ2) is 3.25. The van der Waals surface area contributed by atoms with E-state index in [9.17, 15) is 9.59 Å². The Hall–Kier alpha value is -1.52. The highest BCUT2D eigenvalue weighted by molar-refractivity contribution is 5.81. The van der Waals surface area contributed by atoms with Gasteiger partial charge in [0.1, 0.15) is 6.61 Å². The van der Waals surface area contributed by atoms with Crippen LogP contribution in [0.25, 0.3) is 0 Å². The molecule has 1 aliphatic carbocycles. The number of likely N-dealkylation sites (tertiary alicyclic amines) is 1. The van der Waals surface area contributed by atoms with Gasteiger partial charge in [-0.3, -0.25) is 4.79 Å². The molecule has 0 aromatic carbocycles. The molecular weight excluding hydrogens is 198 g/mol. The van der Waals surface area contributed by atoms with Crippen LogP contribution in [0, 0.1) is 11.3 Å². The fraction of sp³-hybridized carbons (Fsp3) is 0.600. The van der Waals surface area contributed by atoms with E-state index in [1.165, 1.54) is 11.0 Å². The van der Waals surface area contributed by atoms with Gasteiger partial charge >= 0.3 is 12.1 Å². The summed E-state index contributed by atoms with van der Waals surface area (Å²) in [6.07, 6.45) is 1.73. The molecule has 1 aliphatic heterocycles. The number of carboxylic acid groups (broad SMARTS) is 1. The van der Waals surface area contributed by atoms with E-state index in [2.05, 4.69) is 6.58 Å². The highest BCUT2D eigenvalue weighted by Crippen LogP contribution is 2.57. The monoisotopic (exact) mass is 211 g/mol. The van der Waals surface area contributed by atoms with Crippen molar-refractivity contribution in [3.05, 3.63) is 12.7 Å². The number of hydrogen-bond donors (Lipinski definition) is 1. The maximum absolute atomic E-state index is 11.4. The first-order valence-corrected chi connectivity index (χ1v) is 4.86. The van der Waals surface area contributed by atoms with Crippen molar-refractivity contribution in [3.63, 3.8) is 0 Å². The molecule has 5 nitrogen and oxygen atoms in total. The summed E-state index contributed by atoms with van der Waals surface area (Å²) in [5, 5.41) is 8.99. The minimum Gasteiger partial charge on any atom is -0.481 e. The second-order valence-electron chi connectivity index (χ2n) is 4.11. The van der Waals surface area contributed by atoms with E-state index in [0.29, 0.717) is 13.0 Å². The second-order valence-corrected chi connectivity index (χ2v) is 4.11. The Balaban J connectivity index is 1.92. The number of carboxylic acids is 1. The molecule has 0 unspecified atom stereocenters. The van der Waals surface area contributed by atoms with Gasteiger partial charge in [-0.15, -0.1) is 0 Å². The Morgan fingerprint density at radius 1 is 1.67 bits per heavy atom. The lowest BCUT2D eigenvalue weighted by Gasteiger charge is -2.18. The molecule has 2 aliphatic rings. The summed E-state index contributed by atoms with van der Waals surface area (Å²) in [7, 11) is 0. The normalized spacial score (nSPS) is 32.0. The van der Waals surface area contributed by atoms with Crippen molar-refractivity contribution < 1.29 is 19.4 Å². The van der Waals surface area contributed by atoms with Gasteiger partial charge in [-0.1, -0.05) is 12.7 Å². The van der Waals surface area contributed by atoms with Crippen molar-refractivity contribution >= 4 is 12.1 Å². The Kier molecular flexibility index (Phi) is 2.17. The Bertz CT molecular complexity index is 327. The number of aliphatic carboxylic acids is 1. The summed E-state index contributed by atoms with van der Waals surface area (Å²) >= 11 is 0. The zero-order valence-corrected chi connectivity index (χ0v) is 8.31. The predicted molar refractivity (Wildman–Crippen MR) is 51.3 cm³/mol. The maximum atomic E-state index is 11.4. The molecule has 0 aromatic heterocycles. The standard InChI is InChI=1S/C10H13NO4/c1-2-3-15-9(14)11-5-7-4-10(7,6-11)8(12)13/h2,7H,1,3-6H2,(H,12,13)/t7-,10+/m1/s1. The zero-order chi connectivity index (χ0) is 11.1. The smallest absolute Gasteiger partial charge is 0.410 e. The molecular formula is C10H13NO4. The van der Waals surface area contributed by atoms with Gasteiger partial charge in [0.15, 0.2) is 0 Å². The first kappa shape index (κ1) is 10.0. The Labute approximate surface area is 87.3 Å². The summed E-state index contributed by atoms with van der Waals surface area (Å²) in [5.41, 5.74) is -0.673. The van der Waals surface area contributed by atoms with Gasteiger partial charge < -0.3 is 14.7 Å². The molecule has 0 bridgehead atoms.